The van der Waals surface area contributed by atoms with E-state index in [4.69, 9.17) is 5.14 Å². The lowest BCUT2D eigenvalue weighted by Crippen LogP contribution is -2.43. The van der Waals surface area contributed by atoms with Gasteiger partial charge in [-0.2, -0.15) is 0 Å². The predicted octanol–water partition coefficient (Wildman–Crippen LogP) is 12.9. The maximum Gasteiger partial charge on any atom is 0.214 e. The highest BCUT2D eigenvalue weighted by atomic mass is 32.2. The number of rotatable bonds is 34. The van der Waals surface area contributed by atoms with Crippen molar-refractivity contribution in [3.63, 3.8) is 0 Å². The van der Waals surface area contributed by atoms with E-state index in [1.165, 1.54) is 154 Å². The zero-order valence-corrected chi connectivity index (χ0v) is 29.5. The van der Waals surface area contributed by atoms with Gasteiger partial charge < -0.3 is 0 Å². The number of sulfonamides is 1. The maximum atomic E-state index is 13.1. The van der Waals surface area contributed by atoms with Crippen molar-refractivity contribution in [2.45, 2.75) is 237 Å². The van der Waals surface area contributed by atoms with Crippen molar-refractivity contribution in [1.29, 1.82) is 0 Å². The molecule has 0 heterocycles. The van der Waals surface area contributed by atoms with Gasteiger partial charge in [-0.1, -0.05) is 213 Å². The molecule has 0 fully saturated rings. The fourth-order valence-electron chi connectivity index (χ4n) is 6.61. The second kappa shape index (κ2) is 30.0. The molecule has 0 bridgehead atoms. The molecule has 0 saturated carbocycles. The first-order chi connectivity index (χ1) is 19.9. The summed E-state index contributed by atoms with van der Waals surface area (Å²) < 4.78 is 25.5. The molecule has 0 aromatic rings. The Hall–Kier alpha value is -0.0900. The van der Waals surface area contributed by atoms with E-state index in [1.54, 1.807) is 0 Å². The first kappa shape index (κ1) is 40.9. The summed E-state index contributed by atoms with van der Waals surface area (Å²) in [4.78, 5) is 0. The summed E-state index contributed by atoms with van der Waals surface area (Å²) in [5.74, 6) is 0. The third-order valence-corrected chi connectivity index (χ3v) is 11.4. The van der Waals surface area contributed by atoms with Gasteiger partial charge in [0.1, 0.15) is 0 Å². The quantitative estimate of drug-likeness (QED) is 0.0748. The van der Waals surface area contributed by atoms with Crippen molar-refractivity contribution in [3.05, 3.63) is 0 Å². The molecule has 41 heavy (non-hydrogen) atoms. The molecule has 0 aliphatic carbocycles. The number of primary sulfonamides is 1. The Bertz CT molecular complexity index is 559. The van der Waals surface area contributed by atoms with Crippen LogP contribution in [0.1, 0.15) is 233 Å². The fourth-order valence-corrected chi connectivity index (χ4v) is 7.89. The van der Waals surface area contributed by atoms with Gasteiger partial charge in [0, 0.05) is 0 Å². The number of hydrogen-bond acceptors (Lipinski definition) is 2. The Morgan fingerprint density at radius 2 is 0.512 bits per heavy atom. The Balaban J connectivity index is 4.58. The van der Waals surface area contributed by atoms with Crippen molar-refractivity contribution in [2.24, 2.45) is 5.14 Å². The van der Waals surface area contributed by atoms with E-state index in [-0.39, 0.29) is 0 Å². The second-order valence-electron chi connectivity index (χ2n) is 13.5. The third-order valence-electron chi connectivity index (χ3n) is 9.56. The summed E-state index contributed by atoms with van der Waals surface area (Å²) in [5.41, 5.74) is 0. The third kappa shape index (κ3) is 25.0. The average molecular weight is 600 g/mol. The maximum absolute atomic E-state index is 13.1. The van der Waals surface area contributed by atoms with Gasteiger partial charge in [-0.05, 0) is 19.3 Å². The molecule has 0 unspecified atom stereocenters. The van der Waals surface area contributed by atoms with Crippen LogP contribution in [0.15, 0.2) is 0 Å². The molecule has 0 saturated heterocycles. The van der Waals surface area contributed by atoms with E-state index in [0.29, 0.717) is 0 Å². The SMILES string of the molecule is CCCCCCCCCCCCC(CCCCCCCCCCCC)(CCCCCCCCCCCC)S(N)(=O)=O. The molecule has 0 aliphatic heterocycles. The highest BCUT2D eigenvalue weighted by Gasteiger charge is 2.39. The Morgan fingerprint density at radius 3 is 0.683 bits per heavy atom. The molecule has 248 valence electrons. The van der Waals surface area contributed by atoms with E-state index in [1.807, 2.05) is 0 Å². The molecule has 0 spiro atoms. The van der Waals surface area contributed by atoms with Crippen LogP contribution in [-0.4, -0.2) is 13.2 Å². The molecular formula is C37H77NO2S. The summed E-state index contributed by atoms with van der Waals surface area (Å²) in [5, 5.41) is 6.05. The molecule has 0 rings (SSSR count). The molecular weight excluding hydrogens is 522 g/mol. The second-order valence-corrected chi connectivity index (χ2v) is 15.5. The van der Waals surface area contributed by atoms with Crippen molar-refractivity contribution < 1.29 is 8.42 Å². The zero-order chi connectivity index (χ0) is 30.3. The average Bonchev–Trinajstić information content (AvgIpc) is 2.95. The van der Waals surface area contributed by atoms with Gasteiger partial charge in [-0.3, -0.25) is 0 Å². The fraction of sp³-hybridized carbons (Fsp3) is 1.00. The van der Waals surface area contributed by atoms with Gasteiger partial charge in [-0.25, -0.2) is 13.6 Å². The van der Waals surface area contributed by atoms with Gasteiger partial charge in [0.05, 0.1) is 4.75 Å². The molecule has 0 radical (unpaired) electrons. The highest BCUT2D eigenvalue weighted by molar-refractivity contribution is 7.90. The highest BCUT2D eigenvalue weighted by Crippen LogP contribution is 2.35. The lowest BCUT2D eigenvalue weighted by molar-refractivity contribution is 0.377. The van der Waals surface area contributed by atoms with E-state index in [2.05, 4.69) is 20.8 Å². The molecule has 0 aromatic heterocycles. The van der Waals surface area contributed by atoms with Gasteiger partial charge in [-0.15, -0.1) is 0 Å². The summed E-state index contributed by atoms with van der Waals surface area (Å²) in [7, 11) is -3.56. The topological polar surface area (TPSA) is 60.2 Å². The summed E-state index contributed by atoms with van der Waals surface area (Å²) in [6, 6.07) is 0. The van der Waals surface area contributed by atoms with Crippen LogP contribution in [0.4, 0.5) is 0 Å². The van der Waals surface area contributed by atoms with Gasteiger partial charge in [0.2, 0.25) is 10.0 Å². The molecule has 0 amide bonds. The van der Waals surface area contributed by atoms with Crippen LogP contribution in [0.3, 0.4) is 0 Å². The van der Waals surface area contributed by atoms with Crippen molar-refractivity contribution in [1.82, 2.24) is 0 Å². The summed E-state index contributed by atoms with van der Waals surface area (Å²) in [6.45, 7) is 6.82. The van der Waals surface area contributed by atoms with Crippen LogP contribution in [-0.2, 0) is 10.0 Å². The van der Waals surface area contributed by atoms with Crippen LogP contribution >= 0.6 is 0 Å². The zero-order valence-electron chi connectivity index (χ0n) is 28.6. The van der Waals surface area contributed by atoms with Gasteiger partial charge in [0.25, 0.3) is 0 Å². The first-order valence-electron chi connectivity index (χ1n) is 19.0. The number of nitrogens with two attached hydrogens (primary N) is 1. The molecule has 2 N–H and O–H groups in total. The first-order valence-corrected chi connectivity index (χ1v) is 20.5. The van der Waals surface area contributed by atoms with Crippen LogP contribution in [0.5, 0.6) is 0 Å². The lowest BCUT2D eigenvalue weighted by atomic mass is 9.88. The van der Waals surface area contributed by atoms with Crippen molar-refractivity contribution in [2.75, 3.05) is 0 Å². The van der Waals surface area contributed by atoms with E-state index >= 15 is 0 Å². The van der Waals surface area contributed by atoms with E-state index < -0.39 is 14.8 Å². The van der Waals surface area contributed by atoms with Gasteiger partial charge >= 0.3 is 0 Å². The Morgan fingerprint density at radius 1 is 0.341 bits per heavy atom. The monoisotopic (exact) mass is 600 g/mol. The molecule has 0 aliphatic rings. The standard InChI is InChI=1S/C37H77NO2S/c1-4-7-10-13-16-19-22-25-28-31-34-37(41(38,39)40,35-32-29-26-23-20-17-14-11-8-5-2)36-33-30-27-24-21-18-15-12-9-6-3/h4-36H2,1-3H3,(H2,38,39,40). The van der Waals surface area contributed by atoms with E-state index in [9.17, 15) is 8.42 Å². The van der Waals surface area contributed by atoms with Gasteiger partial charge in [0.15, 0.2) is 0 Å². The molecule has 4 heteroatoms. The summed E-state index contributed by atoms with van der Waals surface area (Å²) >= 11 is 0. The minimum atomic E-state index is -3.56. The predicted molar refractivity (Wildman–Crippen MR) is 185 cm³/mol. The Kier molecular flexibility index (Phi) is 29.9. The normalized spacial score (nSPS) is 12.4. The smallest absolute Gasteiger partial charge is 0.214 e. The molecule has 0 aromatic carbocycles. The van der Waals surface area contributed by atoms with Crippen LogP contribution < -0.4 is 5.14 Å². The molecule has 3 nitrogen and oxygen atoms in total. The Labute approximate surface area is 260 Å². The van der Waals surface area contributed by atoms with Crippen LogP contribution in [0.25, 0.3) is 0 Å². The number of hydrogen-bond donors (Lipinski definition) is 1. The number of unbranched alkanes of at least 4 members (excludes halogenated alkanes) is 27. The minimum absolute atomic E-state index is 0.687. The van der Waals surface area contributed by atoms with Crippen LogP contribution in [0, 0.1) is 0 Å². The van der Waals surface area contributed by atoms with Crippen molar-refractivity contribution in [3.8, 4) is 0 Å². The van der Waals surface area contributed by atoms with Crippen molar-refractivity contribution >= 4 is 10.0 Å². The van der Waals surface area contributed by atoms with Crippen LogP contribution in [0.2, 0.25) is 0 Å². The summed E-state index contributed by atoms with van der Waals surface area (Å²) in [6.07, 6.45) is 40.8. The van der Waals surface area contributed by atoms with E-state index in [0.717, 1.165) is 57.8 Å². The largest absolute Gasteiger partial charge is 0.228 e. The minimum Gasteiger partial charge on any atom is -0.228 e. The molecule has 0 atom stereocenters. The lowest BCUT2D eigenvalue weighted by Gasteiger charge is -2.32.